The highest BCUT2D eigenvalue weighted by Gasteiger charge is 2.45. The Hall–Kier alpha value is -6.56. The van der Waals surface area contributed by atoms with Crippen LogP contribution >= 0.6 is 11.3 Å². The lowest BCUT2D eigenvalue weighted by atomic mass is 9.57. The molecule has 377 valence electrons. The maximum atomic E-state index is 6.77. The smallest absolute Gasteiger partial charge is 0.197 e. The molecule has 0 saturated carbocycles. The molecule has 0 amide bonds. The first-order valence-corrected chi connectivity index (χ1v) is 28.9. The minimum atomic E-state index is -0.328. The number of nitrogens with one attached hydrogen (secondary N) is 1. The number of furan rings is 1. The summed E-state index contributed by atoms with van der Waals surface area (Å²) < 4.78 is 12.1. The predicted octanol–water partition coefficient (Wildman–Crippen LogP) is 18.7. The van der Waals surface area contributed by atoms with Crippen LogP contribution in [0, 0.1) is 0 Å². The summed E-state index contributed by atoms with van der Waals surface area (Å²) in [5.74, 6) is 0. The van der Waals surface area contributed by atoms with Gasteiger partial charge in [0.05, 0.1) is 5.52 Å². The van der Waals surface area contributed by atoms with Gasteiger partial charge >= 0.3 is 0 Å². The molecule has 15 rings (SSSR count). The number of hydrogen-bond donors (Lipinski definition) is 1. The molecule has 1 aliphatic heterocycles. The highest BCUT2D eigenvalue weighted by Crippen LogP contribution is 2.59. The summed E-state index contributed by atoms with van der Waals surface area (Å²) in [4.78, 5) is 0. The van der Waals surface area contributed by atoms with Crippen LogP contribution < -0.4 is 16.2 Å². The molecule has 5 heteroatoms. The highest BCUT2D eigenvalue weighted by atomic mass is 32.1. The number of fused-ring (bicyclic) bond motifs is 17. The molecule has 0 bridgehead atoms. The molecule has 76 heavy (non-hydrogen) atoms. The molecule has 3 nitrogen and oxygen atoms in total. The zero-order chi connectivity index (χ0) is 52.5. The lowest BCUT2D eigenvalue weighted by molar-refractivity contribution is 0.332. The second-order valence-electron chi connectivity index (χ2n) is 27.7. The Morgan fingerprint density at radius 1 is 0.539 bits per heavy atom. The Morgan fingerprint density at radius 2 is 1.14 bits per heavy atom. The average molecular weight is 1010 g/mol. The third kappa shape index (κ3) is 6.30. The Balaban J connectivity index is 1.12. The van der Waals surface area contributed by atoms with E-state index < -0.39 is 0 Å². The van der Waals surface area contributed by atoms with Crippen LogP contribution in [0.1, 0.15) is 155 Å². The Bertz CT molecular complexity index is 4400. The van der Waals surface area contributed by atoms with E-state index in [9.17, 15) is 0 Å². The molecular formula is C71H68BN2OS. The molecule has 3 aliphatic carbocycles. The summed E-state index contributed by atoms with van der Waals surface area (Å²) in [6, 6.07) is 47.4. The fourth-order valence-corrected chi connectivity index (χ4v) is 16.1. The number of hydrogen-bond acceptors (Lipinski definition) is 3. The summed E-state index contributed by atoms with van der Waals surface area (Å²) >= 11 is 1.97. The van der Waals surface area contributed by atoms with Crippen LogP contribution in [0.5, 0.6) is 0 Å². The highest BCUT2D eigenvalue weighted by molar-refractivity contribution is 7.25. The molecule has 4 aliphatic rings. The second-order valence-corrected chi connectivity index (χ2v) is 28.8. The van der Waals surface area contributed by atoms with Crippen molar-refractivity contribution >= 4 is 105 Å². The van der Waals surface area contributed by atoms with Crippen molar-refractivity contribution in [1.29, 1.82) is 0 Å². The van der Waals surface area contributed by atoms with Crippen LogP contribution in [-0.2, 0) is 32.5 Å². The van der Waals surface area contributed by atoms with Gasteiger partial charge in [0.2, 0.25) is 0 Å². The van der Waals surface area contributed by atoms with Gasteiger partial charge in [-0.05, 0) is 168 Å². The van der Waals surface area contributed by atoms with Crippen molar-refractivity contribution in [2.45, 2.75) is 148 Å². The van der Waals surface area contributed by atoms with Gasteiger partial charge in [-0.25, -0.2) is 0 Å². The Kier molecular flexibility index (Phi) is 9.17. The zero-order valence-electron chi connectivity index (χ0n) is 46.7. The Morgan fingerprint density at radius 3 is 1.84 bits per heavy atom. The third-order valence-corrected chi connectivity index (χ3v) is 20.8. The second kappa shape index (κ2) is 14.9. The normalized spacial score (nSPS) is 18.2. The molecule has 0 unspecified atom stereocenters. The van der Waals surface area contributed by atoms with Gasteiger partial charge in [0.1, 0.15) is 11.2 Å². The van der Waals surface area contributed by atoms with Gasteiger partial charge in [0.25, 0.3) is 0 Å². The summed E-state index contributed by atoms with van der Waals surface area (Å²) in [5.41, 5.74) is 25.7. The van der Waals surface area contributed by atoms with Crippen molar-refractivity contribution in [3.8, 4) is 27.9 Å². The van der Waals surface area contributed by atoms with Crippen LogP contribution in [0.25, 0.3) is 91.9 Å². The van der Waals surface area contributed by atoms with Gasteiger partial charge in [-0.1, -0.05) is 156 Å². The van der Waals surface area contributed by atoms with Crippen molar-refractivity contribution in [3.05, 3.63) is 160 Å². The van der Waals surface area contributed by atoms with Gasteiger partial charge in [-0.2, -0.15) is 0 Å². The first-order chi connectivity index (χ1) is 36.0. The largest absolute Gasteiger partial charge is 0.456 e. The number of para-hydroxylation sites is 1. The maximum absolute atomic E-state index is 6.77. The quantitative estimate of drug-likeness (QED) is 0.179. The number of nitrogens with zero attached hydrogens (tertiary/aromatic N) is 1. The van der Waals surface area contributed by atoms with E-state index >= 15 is 0 Å². The SMILES string of the molecule is CC(C)(C)c1ccc(Nc2cc3c(cc2-c2c4c(c5c6cc7c(cc6n6c5c2[B]c2cc5c(cc2-6)oc2ccccc25)C(C)(C)CCC7(C)C)-c2ccccc2C4(C)C)sc2cc4c(cc23)C(C)(C)CCC4(C)C)cc1. The molecule has 0 saturated heterocycles. The summed E-state index contributed by atoms with van der Waals surface area (Å²) in [6.07, 6.45) is 4.70. The molecular weight excluding hydrogens is 940 g/mol. The number of rotatable bonds is 3. The van der Waals surface area contributed by atoms with E-state index in [1.807, 2.05) is 11.3 Å². The monoisotopic (exact) mass is 1010 g/mol. The molecule has 0 fully saturated rings. The van der Waals surface area contributed by atoms with Crippen LogP contribution in [0.15, 0.2) is 126 Å². The van der Waals surface area contributed by atoms with Gasteiger partial charge in [0.15, 0.2) is 7.28 Å². The predicted molar refractivity (Wildman–Crippen MR) is 328 cm³/mol. The molecule has 1 N–H and O–H groups in total. The van der Waals surface area contributed by atoms with E-state index in [4.69, 9.17) is 4.42 Å². The van der Waals surface area contributed by atoms with Crippen LogP contribution in [0.3, 0.4) is 0 Å². The molecule has 3 aromatic heterocycles. The van der Waals surface area contributed by atoms with Gasteiger partial charge in [0, 0.05) is 81.3 Å². The first kappa shape index (κ1) is 46.7. The van der Waals surface area contributed by atoms with Gasteiger partial charge < -0.3 is 14.3 Å². The Labute approximate surface area is 453 Å². The third-order valence-electron chi connectivity index (χ3n) is 19.7. The average Bonchev–Trinajstić information content (AvgIpc) is 4.20. The maximum Gasteiger partial charge on any atom is 0.197 e. The van der Waals surface area contributed by atoms with Crippen molar-refractivity contribution in [2.75, 3.05) is 5.32 Å². The van der Waals surface area contributed by atoms with E-state index in [0.717, 1.165) is 46.2 Å². The first-order valence-electron chi connectivity index (χ1n) is 28.1. The standard InChI is InChI=1S/C71H68BN2OS/c1-66(2,3)38-22-24-39(25-23-38)73-53-33-44-43-30-48-51(70(10,11)29-27-67(48,4)5)36-59(43)76-58(44)34-45(53)62-63-60(41-19-14-16-20-47(41)71(63,12)13)61-46-31-49-50(69(8,9)28-26-68(49,6)7)35-54(46)74-55-37-57-42(32-52(55)72-64(62)65(61)74)40-18-15-17-21-56(40)75-57/h14-25,30-37,73H,26-29H2,1-13H3. The summed E-state index contributed by atoms with van der Waals surface area (Å²) in [6.45, 7) is 31.6. The van der Waals surface area contributed by atoms with Crippen LogP contribution in [0.4, 0.5) is 11.4 Å². The van der Waals surface area contributed by atoms with Crippen molar-refractivity contribution in [3.63, 3.8) is 0 Å². The topological polar surface area (TPSA) is 30.1 Å². The molecule has 8 aromatic carbocycles. The number of anilines is 2. The molecule has 4 heterocycles. The van der Waals surface area contributed by atoms with Crippen LogP contribution in [-0.4, -0.2) is 11.8 Å². The number of thiophene rings is 1. The van der Waals surface area contributed by atoms with Gasteiger partial charge in [-0.15, -0.1) is 11.3 Å². The minimum absolute atomic E-state index is 0.0305. The van der Waals surface area contributed by atoms with E-state index in [0.29, 0.717) is 0 Å². The molecule has 0 spiro atoms. The minimum Gasteiger partial charge on any atom is -0.456 e. The molecule has 11 aromatic rings. The summed E-state index contributed by atoms with van der Waals surface area (Å²) in [5, 5.41) is 11.9. The molecule has 0 atom stereocenters. The lowest BCUT2D eigenvalue weighted by Crippen LogP contribution is -2.38. The van der Waals surface area contributed by atoms with E-state index in [2.05, 4.69) is 228 Å². The molecule has 1 radical (unpaired) electrons. The van der Waals surface area contributed by atoms with Crippen molar-refractivity contribution < 1.29 is 4.42 Å². The van der Waals surface area contributed by atoms with Crippen molar-refractivity contribution in [2.24, 2.45) is 0 Å². The van der Waals surface area contributed by atoms with Crippen LogP contribution in [0.2, 0.25) is 0 Å². The lowest BCUT2D eigenvalue weighted by Gasteiger charge is -2.42. The van der Waals surface area contributed by atoms with Crippen molar-refractivity contribution in [1.82, 2.24) is 4.57 Å². The van der Waals surface area contributed by atoms with E-state index in [-0.39, 0.29) is 32.5 Å². The fourth-order valence-electron chi connectivity index (χ4n) is 14.9. The number of aromatic nitrogens is 1. The van der Waals surface area contributed by atoms with E-state index in [1.165, 1.54) is 133 Å². The number of benzene rings is 8. The fraction of sp³-hybridized carbons (Fsp3) is 0.324. The summed E-state index contributed by atoms with van der Waals surface area (Å²) in [7, 11) is 2.56. The zero-order valence-corrected chi connectivity index (χ0v) is 47.5. The van der Waals surface area contributed by atoms with Gasteiger partial charge in [-0.3, -0.25) is 0 Å². The van der Waals surface area contributed by atoms with E-state index in [1.54, 1.807) is 0 Å².